The second-order valence-electron chi connectivity index (χ2n) is 9.00. The average molecular weight is 594 g/mol. The highest BCUT2D eigenvalue weighted by molar-refractivity contribution is 9.10. The number of nitrogens with one attached hydrogen (secondary N) is 1. The van der Waals surface area contributed by atoms with Crippen LogP contribution in [0.15, 0.2) is 95.5 Å². The summed E-state index contributed by atoms with van der Waals surface area (Å²) in [4.78, 5) is 28.8. The van der Waals surface area contributed by atoms with Gasteiger partial charge in [-0.2, -0.15) is 0 Å². The lowest BCUT2D eigenvalue weighted by molar-refractivity contribution is -0.142. The van der Waals surface area contributed by atoms with Crippen LogP contribution in [0.4, 0.5) is 0 Å². The van der Waals surface area contributed by atoms with Crippen LogP contribution in [0, 0.1) is 0 Å². The van der Waals surface area contributed by atoms with E-state index >= 15 is 0 Å². The molecule has 0 saturated heterocycles. The van der Waals surface area contributed by atoms with Crippen molar-refractivity contribution < 1.29 is 14.3 Å². The van der Waals surface area contributed by atoms with Crippen molar-refractivity contribution in [2.45, 2.75) is 32.4 Å². The summed E-state index contributed by atoms with van der Waals surface area (Å²) in [5.41, 5.74) is 1.72. The van der Waals surface area contributed by atoms with Crippen molar-refractivity contribution in [3.63, 3.8) is 0 Å². The molecule has 4 aromatic rings. The Morgan fingerprint density at radius 1 is 0.947 bits per heavy atom. The molecule has 38 heavy (non-hydrogen) atoms. The first-order valence-corrected chi connectivity index (χ1v) is 13.8. The lowest BCUT2D eigenvalue weighted by Gasteiger charge is -2.31. The molecule has 4 rings (SSSR count). The average Bonchev–Trinajstić information content (AvgIpc) is 2.94. The maximum absolute atomic E-state index is 13.8. The fraction of sp³-hybridized carbons (Fsp3) is 0.226. The molecule has 0 aliphatic carbocycles. The molecule has 1 atom stereocenters. The third-order valence-corrected chi connectivity index (χ3v) is 7.48. The zero-order valence-electron chi connectivity index (χ0n) is 21.2. The van der Waals surface area contributed by atoms with Gasteiger partial charge in [-0.25, -0.2) is 0 Å². The van der Waals surface area contributed by atoms with E-state index in [1.165, 1.54) is 0 Å². The van der Waals surface area contributed by atoms with Crippen molar-refractivity contribution in [3.8, 4) is 5.75 Å². The fourth-order valence-corrected chi connectivity index (χ4v) is 5.08. The number of carbonyl (C=O) groups excluding carboxylic acids is 2. The van der Waals surface area contributed by atoms with Gasteiger partial charge in [-0.3, -0.25) is 9.59 Å². The van der Waals surface area contributed by atoms with Crippen molar-refractivity contribution in [2.75, 3.05) is 13.2 Å². The predicted molar refractivity (Wildman–Crippen MR) is 156 cm³/mol. The van der Waals surface area contributed by atoms with Crippen LogP contribution in [-0.2, 0) is 22.6 Å². The maximum atomic E-state index is 13.8. The van der Waals surface area contributed by atoms with Gasteiger partial charge in [0.2, 0.25) is 5.91 Å². The number of amides is 2. The first-order chi connectivity index (χ1) is 18.5. The summed E-state index contributed by atoms with van der Waals surface area (Å²) in [6.07, 6.45) is 1.16. The highest BCUT2D eigenvalue weighted by atomic mass is 79.9. The van der Waals surface area contributed by atoms with E-state index in [1.807, 2.05) is 91.9 Å². The normalized spacial score (nSPS) is 11.7. The van der Waals surface area contributed by atoms with Crippen molar-refractivity contribution in [3.05, 3.63) is 112 Å². The monoisotopic (exact) mass is 592 g/mol. The first kappa shape index (κ1) is 27.7. The van der Waals surface area contributed by atoms with Crippen LogP contribution < -0.4 is 10.1 Å². The lowest BCUT2D eigenvalue weighted by Crippen LogP contribution is -2.51. The lowest BCUT2D eigenvalue weighted by atomic mass is 10.0. The molecule has 0 aliphatic rings. The van der Waals surface area contributed by atoms with Crippen molar-refractivity contribution in [2.24, 2.45) is 0 Å². The number of ether oxygens (including phenoxy) is 1. The number of halogens is 2. The van der Waals surface area contributed by atoms with Crippen molar-refractivity contribution in [1.29, 1.82) is 0 Å². The molecule has 0 fully saturated rings. The zero-order chi connectivity index (χ0) is 26.9. The summed E-state index contributed by atoms with van der Waals surface area (Å²) in [6, 6.07) is 28.1. The van der Waals surface area contributed by atoms with Gasteiger partial charge >= 0.3 is 0 Å². The third kappa shape index (κ3) is 6.94. The summed E-state index contributed by atoms with van der Waals surface area (Å²) < 4.78 is 6.79. The minimum atomic E-state index is -0.739. The zero-order valence-corrected chi connectivity index (χ0v) is 23.5. The Balaban J connectivity index is 1.64. The smallest absolute Gasteiger partial charge is 0.261 e. The minimum absolute atomic E-state index is 0.178. The molecule has 0 radical (unpaired) electrons. The molecule has 0 saturated carbocycles. The largest absolute Gasteiger partial charge is 0.483 e. The summed E-state index contributed by atoms with van der Waals surface area (Å²) >= 11 is 10.1. The topological polar surface area (TPSA) is 58.6 Å². The Morgan fingerprint density at radius 3 is 2.42 bits per heavy atom. The van der Waals surface area contributed by atoms with Gasteiger partial charge in [0.15, 0.2) is 6.61 Å². The third-order valence-electron chi connectivity index (χ3n) is 6.30. The Hall–Kier alpha value is -3.35. The number of hydrogen-bond donors (Lipinski definition) is 1. The van der Waals surface area contributed by atoms with E-state index in [-0.39, 0.29) is 25.0 Å². The van der Waals surface area contributed by atoms with Crippen molar-refractivity contribution >= 4 is 50.1 Å². The molecule has 0 aromatic heterocycles. The first-order valence-electron chi connectivity index (χ1n) is 12.6. The summed E-state index contributed by atoms with van der Waals surface area (Å²) in [6.45, 7) is 2.47. The highest BCUT2D eigenvalue weighted by Crippen LogP contribution is 2.33. The van der Waals surface area contributed by atoms with Gasteiger partial charge in [0.05, 0.1) is 4.47 Å². The molecule has 5 nitrogen and oxygen atoms in total. The molecule has 0 heterocycles. The number of nitrogens with zero attached hydrogens (tertiary/aromatic N) is 1. The van der Waals surface area contributed by atoms with Crippen LogP contribution >= 0.6 is 27.5 Å². The van der Waals surface area contributed by atoms with E-state index in [0.717, 1.165) is 32.8 Å². The summed E-state index contributed by atoms with van der Waals surface area (Å²) in [7, 11) is 0. The van der Waals surface area contributed by atoms with Crippen LogP contribution in [0.25, 0.3) is 10.8 Å². The van der Waals surface area contributed by atoms with E-state index in [1.54, 1.807) is 11.0 Å². The van der Waals surface area contributed by atoms with E-state index in [2.05, 4.69) is 21.2 Å². The van der Waals surface area contributed by atoms with E-state index in [0.29, 0.717) is 23.7 Å². The maximum Gasteiger partial charge on any atom is 0.261 e. The Labute approximate surface area is 236 Å². The molecule has 4 aromatic carbocycles. The molecule has 1 N–H and O–H groups in total. The van der Waals surface area contributed by atoms with E-state index in [4.69, 9.17) is 16.3 Å². The second kappa shape index (κ2) is 13.4. The van der Waals surface area contributed by atoms with E-state index in [9.17, 15) is 9.59 Å². The molecule has 0 bridgehead atoms. The Morgan fingerprint density at radius 2 is 1.66 bits per heavy atom. The van der Waals surface area contributed by atoms with Crippen LogP contribution in [0.5, 0.6) is 5.75 Å². The SMILES string of the molecule is CCCNC(=O)C(Cc1ccccc1)N(Cc1ccccc1Cl)C(=O)COc1ccc2ccccc2c1Br. The van der Waals surface area contributed by atoms with Gasteiger partial charge in [-0.05, 0) is 56.4 Å². The minimum Gasteiger partial charge on any atom is -0.483 e. The van der Waals surface area contributed by atoms with Crippen LogP contribution in [0.3, 0.4) is 0 Å². The van der Waals surface area contributed by atoms with Gasteiger partial charge in [0.1, 0.15) is 11.8 Å². The number of rotatable bonds is 11. The number of hydrogen-bond acceptors (Lipinski definition) is 3. The molecule has 2 amide bonds. The van der Waals surface area contributed by atoms with Gasteiger partial charge < -0.3 is 15.0 Å². The fourth-order valence-electron chi connectivity index (χ4n) is 4.28. The molecular weight excluding hydrogens is 564 g/mol. The second-order valence-corrected chi connectivity index (χ2v) is 10.2. The number of carbonyl (C=O) groups is 2. The Kier molecular flexibility index (Phi) is 9.79. The highest BCUT2D eigenvalue weighted by Gasteiger charge is 2.31. The molecule has 196 valence electrons. The predicted octanol–water partition coefficient (Wildman–Crippen LogP) is 6.80. The van der Waals surface area contributed by atoms with Gasteiger partial charge in [-0.1, -0.05) is 97.4 Å². The van der Waals surface area contributed by atoms with Crippen LogP contribution in [-0.4, -0.2) is 35.9 Å². The van der Waals surface area contributed by atoms with Gasteiger partial charge in [0, 0.05) is 24.5 Å². The molecule has 7 heteroatoms. The number of fused-ring (bicyclic) bond motifs is 1. The van der Waals surface area contributed by atoms with E-state index < -0.39 is 6.04 Å². The molecule has 0 aliphatic heterocycles. The van der Waals surface area contributed by atoms with Crippen LogP contribution in [0.1, 0.15) is 24.5 Å². The van der Waals surface area contributed by atoms with Gasteiger partial charge in [0.25, 0.3) is 5.91 Å². The number of benzene rings is 4. The van der Waals surface area contributed by atoms with Crippen molar-refractivity contribution in [1.82, 2.24) is 10.2 Å². The molecule has 0 spiro atoms. The van der Waals surface area contributed by atoms with Gasteiger partial charge in [-0.15, -0.1) is 0 Å². The molecular formula is C31H30BrClN2O3. The summed E-state index contributed by atoms with van der Waals surface area (Å²) in [5.74, 6) is 0.0466. The Bertz CT molecular complexity index is 1400. The van der Waals surface area contributed by atoms with Crippen LogP contribution in [0.2, 0.25) is 5.02 Å². The quantitative estimate of drug-likeness (QED) is 0.208. The molecule has 1 unspecified atom stereocenters. The summed E-state index contributed by atoms with van der Waals surface area (Å²) in [5, 5.41) is 5.57. The standard InChI is InChI=1S/C31H30BrClN2O3/c1-2-18-34-31(37)27(19-22-10-4-3-5-11-22)35(20-24-13-7-9-15-26(24)33)29(36)21-38-28-17-16-23-12-6-8-14-25(23)30(28)32/h3-17,27H,2,18-21H2,1H3,(H,34,37).